The maximum absolute atomic E-state index is 12.0. The van der Waals surface area contributed by atoms with Gasteiger partial charge in [-0.1, -0.05) is 0 Å². The molecule has 1 atom stereocenters. The molecule has 1 N–H and O–H groups in total. The maximum atomic E-state index is 12.0. The predicted octanol–water partition coefficient (Wildman–Crippen LogP) is 1.40. The molecule has 6 heteroatoms. The molecular weight excluding hydrogens is 272 g/mol. The third kappa shape index (κ3) is 4.99. The van der Waals surface area contributed by atoms with E-state index in [9.17, 15) is 4.79 Å². The summed E-state index contributed by atoms with van der Waals surface area (Å²) in [5, 5.41) is 2.84. The molecule has 2 rings (SSSR count). The fourth-order valence-electron chi connectivity index (χ4n) is 2.15. The molecule has 1 aliphatic heterocycles. The van der Waals surface area contributed by atoms with Crippen LogP contribution in [0.3, 0.4) is 0 Å². The number of nitrogens with zero attached hydrogens (tertiary/aromatic N) is 1. The summed E-state index contributed by atoms with van der Waals surface area (Å²) < 4.78 is 16.0. The number of methoxy groups -OCH3 is 1. The van der Waals surface area contributed by atoms with E-state index in [4.69, 9.17) is 14.2 Å². The summed E-state index contributed by atoms with van der Waals surface area (Å²) in [5.41, 5.74) is 0.511. The lowest BCUT2D eigenvalue weighted by atomic mass is 10.1. The van der Waals surface area contributed by atoms with E-state index in [1.165, 1.54) is 6.20 Å². The fourth-order valence-corrected chi connectivity index (χ4v) is 2.15. The van der Waals surface area contributed by atoms with Gasteiger partial charge in [0.15, 0.2) is 0 Å². The van der Waals surface area contributed by atoms with Crippen LogP contribution in [0.2, 0.25) is 0 Å². The highest BCUT2D eigenvalue weighted by Crippen LogP contribution is 2.15. The lowest BCUT2D eigenvalue weighted by Gasteiger charge is -2.22. The number of aromatic nitrogens is 1. The molecule has 0 radical (unpaired) electrons. The maximum Gasteiger partial charge on any atom is 0.253 e. The van der Waals surface area contributed by atoms with Gasteiger partial charge in [0.1, 0.15) is 6.10 Å². The quantitative estimate of drug-likeness (QED) is 0.859. The molecule has 1 saturated heterocycles. The second kappa shape index (κ2) is 7.95. The Bertz CT molecular complexity index is 443. The first-order valence-corrected chi connectivity index (χ1v) is 7.19. The summed E-state index contributed by atoms with van der Waals surface area (Å²) in [6.45, 7) is 3.81. The number of hydrogen-bond donors (Lipinski definition) is 1. The lowest BCUT2D eigenvalue weighted by Crippen LogP contribution is -2.35. The number of pyridine rings is 1. The van der Waals surface area contributed by atoms with E-state index in [0.717, 1.165) is 26.1 Å². The van der Waals surface area contributed by atoms with E-state index >= 15 is 0 Å². The van der Waals surface area contributed by atoms with Crippen molar-refractivity contribution in [1.82, 2.24) is 10.3 Å². The van der Waals surface area contributed by atoms with E-state index in [0.29, 0.717) is 18.1 Å². The van der Waals surface area contributed by atoms with Crippen LogP contribution in [-0.4, -0.2) is 50.0 Å². The van der Waals surface area contributed by atoms with Crippen LogP contribution in [0.15, 0.2) is 18.3 Å². The van der Waals surface area contributed by atoms with Crippen LogP contribution < -0.4 is 10.1 Å². The number of carbonyl (C=O) groups is 1. The van der Waals surface area contributed by atoms with Crippen molar-refractivity contribution in [2.24, 2.45) is 0 Å². The molecule has 1 fully saturated rings. The van der Waals surface area contributed by atoms with Crippen LogP contribution in [0.25, 0.3) is 0 Å². The van der Waals surface area contributed by atoms with Crippen molar-refractivity contribution < 1.29 is 19.0 Å². The predicted molar refractivity (Wildman–Crippen MR) is 77.5 cm³/mol. The van der Waals surface area contributed by atoms with Crippen molar-refractivity contribution in [1.29, 1.82) is 0 Å². The van der Waals surface area contributed by atoms with E-state index in [1.54, 1.807) is 19.2 Å². The Morgan fingerprint density at radius 1 is 1.48 bits per heavy atom. The van der Waals surface area contributed by atoms with Gasteiger partial charge >= 0.3 is 0 Å². The van der Waals surface area contributed by atoms with Crippen LogP contribution in [0.4, 0.5) is 0 Å². The van der Waals surface area contributed by atoms with Crippen LogP contribution in [0, 0.1) is 0 Å². The van der Waals surface area contributed by atoms with Gasteiger partial charge in [-0.25, -0.2) is 4.98 Å². The molecule has 0 spiro atoms. The molecule has 2 heterocycles. The van der Waals surface area contributed by atoms with Crippen molar-refractivity contribution in [3.63, 3.8) is 0 Å². The monoisotopic (exact) mass is 294 g/mol. The first-order chi connectivity index (χ1) is 10.2. The summed E-state index contributed by atoms with van der Waals surface area (Å²) in [5.74, 6) is 0.382. The van der Waals surface area contributed by atoms with E-state index in [1.807, 2.05) is 6.92 Å². The number of hydrogen-bond acceptors (Lipinski definition) is 5. The zero-order valence-corrected chi connectivity index (χ0v) is 12.5. The molecule has 21 heavy (non-hydrogen) atoms. The zero-order valence-electron chi connectivity index (χ0n) is 12.5. The first kappa shape index (κ1) is 15.7. The standard InChI is InChI=1S/C15H22N2O4/c1-11(10-19-2)17-15(18)12-3-4-14(16-9-12)21-13-5-7-20-8-6-13/h3-4,9,11,13H,5-8,10H2,1-2H3,(H,17,18). The summed E-state index contributed by atoms with van der Waals surface area (Å²) in [4.78, 5) is 16.2. The van der Waals surface area contributed by atoms with Gasteiger partial charge in [0, 0.05) is 38.3 Å². The number of rotatable bonds is 6. The highest BCUT2D eigenvalue weighted by Gasteiger charge is 2.16. The number of amides is 1. The highest BCUT2D eigenvalue weighted by atomic mass is 16.5. The SMILES string of the molecule is COCC(C)NC(=O)c1ccc(OC2CCOCC2)nc1. The van der Waals surface area contributed by atoms with Crippen molar-refractivity contribution >= 4 is 5.91 Å². The van der Waals surface area contributed by atoms with Gasteiger partial charge in [-0.05, 0) is 13.0 Å². The third-order valence-corrected chi connectivity index (χ3v) is 3.25. The van der Waals surface area contributed by atoms with Gasteiger partial charge in [0.25, 0.3) is 5.91 Å². The summed E-state index contributed by atoms with van der Waals surface area (Å²) in [6, 6.07) is 3.41. The van der Waals surface area contributed by atoms with Crippen LogP contribution in [0.5, 0.6) is 5.88 Å². The van der Waals surface area contributed by atoms with Crippen molar-refractivity contribution in [2.45, 2.75) is 31.9 Å². The molecule has 1 aromatic rings. The zero-order chi connectivity index (χ0) is 15.1. The summed E-state index contributed by atoms with van der Waals surface area (Å²) in [7, 11) is 1.60. The Labute approximate surface area is 124 Å². The second-order valence-corrected chi connectivity index (χ2v) is 5.14. The summed E-state index contributed by atoms with van der Waals surface area (Å²) >= 11 is 0. The van der Waals surface area contributed by atoms with Crippen LogP contribution in [0.1, 0.15) is 30.1 Å². The molecule has 1 unspecified atom stereocenters. The topological polar surface area (TPSA) is 69.7 Å². The Kier molecular flexibility index (Phi) is 5.95. The molecule has 1 amide bonds. The Balaban J connectivity index is 1.87. The molecule has 6 nitrogen and oxygen atoms in total. The minimum atomic E-state index is -0.162. The molecule has 0 aromatic carbocycles. The molecule has 0 aliphatic carbocycles. The average Bonchev–Trinajstić information content (AvgIpc) is 2.49. The van der Waals surface area contributed by atoms with Gasteiger partial charge in [-0.2, -0.15) is 0 Å². The van der Waals surface area contributed by atoms with Crippen molar-refractivity contribution in [3.8, 4) is 5.88 Å². The highest BCUT2D eigenvalue weighted by molar-refractivity contribution is 5.94. The number of carbonyl (C=O) groups excluding carboxylic acids is 1. The van der Waals surface area contributed by atoms with E-state index < -0.39 is 0 Å². The lowest BCUT2D eigenvalue weighted by molar-refractivity contribution is 0.0237. The molecule has 1 aliphatic rings. The number of nitrogens with one attached hydrogen (secondary N) is 1. The van der Waals surface area contributed by atoms with Crippen molar-refractivity contribution in [3.05, 3.63) is 23.9 Å². The van der Waals surface area contributed by atoms with Crippen molar-refractivity contribution in [2.75, 3.05) is 26.9 Å². The molecule has 116 valence electrons. The molecular formula is C15H22N2O4. The Morgan fingerprint density at radius 2 is 2.24 bits per heavy atom. The fraction of sp³-hybridized carbons (Fsp3) is 0.600. The van der Waals surface area contributed by atoms with Gasteiger partial charge < -0.3 is 19.5 Å². The van der Waals surface area contributed by atoms with Gasteiger partial charge in [0.2, 0.25) is 5.88 Å². The van der Waals surface area contributed by atoms with Gasteiger partial charge in [0.05, 0.1) is 25.4 Å². The van der Waals surface area contributed by atoms with Gasteiger partial charge in [-0.3, -0.25) is 4.79 Å². The number of ether oxygens (including phenoxy) is 3. The third-order valence-electron chi connectivity index (χ3n) is 3.25. The Hall–Kier alpha value is -1.66. The first-order valence-electron chi connectivity index (χ1n) is 7.19. The normalized spacial score (nSPS) is 17.2. The summed E-state index contributed by atoms with van der Waals surface area (Å²) in [6.07, 6.45) is 3.42. The van der Waals surface area contributed by atoms with E-state index in [-0.39, 0.29) is 18.1 Å². The van der Waals surface area contributed by atoms with Crippen LogP contribution >= 0.6 is 0 Å². The average molecular weight is 294 g/mol. The molecule has 1 aromatic heterocycles. The largest absolute Gasteiger partial charge is 0.474 e. The second-order valence-electron chi connectivity index (χ2n) is 5.14. The van der Waals surface area contributed by atoms with Gasteiger partial charge in [-0.15, -0.1) is 0 Å². The molecule has 0 saturated carbocycles. The Morgan fingerprint density at radius 3 is 2.86 bits per heavy atom. The minimum Gasteiger partial charge on any atom is -0.474 e. The smallest absolute Gasteiger partial charge is 0.253 e. The van der Waals surface area contributed by atoms with E-state index in [2.05, 4.69) is 10.3 Å². The molecule has 0 bridgehead atoms. The van der Waals surface area contributed by atoms with Crippen LogP contribution in [-0.2, 0) is 9.47 Å². The minimum absolute atomic E-state index is 0.0411.